The lowest BCUT2D eigenvalue weighted by Gasteiger charge is -2.10. The number of hydrogen-bond donors (Lipinski definition) is 2. The highest BCUT2D eigenvalue weighted by atomic mass is 15.5. The molecule has 0 spiro atoms. The molecule has 1 heterocycles. The highest BCUT2D eigenvalue weighted by Gasteiger charge is 2.14. The molecule has 0 aliphatic carbocycles. The lowest BCUT2D eigenvalue weighted by Crippen LogP contribution is -2.03. The minimum absolute atomic E-state index is 0.584. The molecule has 2 aromatic carbocycles. The Bertz CT molecular complexity index is 785. The second kappa shape index (κ2) is 4.90. The van der Waals surface area contributed by atoms with E-state index in [4.69, 9.17) is 11.5 Å². The van der Waals surface area contributed by atoms with Gasteiger partial charge in [-0.05, 0) is 59.7 Å². The van der Waals surface area contributed by atoms with Crippen molar-refractivity contribution in [3.63, 3.8) is 0 Å². The van der Waals surface area contributed by atoms with Crippen LogP contribution >= 0.6 is 0 Å². The number of aryl methyl sites for hydroxylation is 1. The summed E-state index contributed by atoms with van der Waals surface area (Å²) in [6, 6.07) is 11.3. The van der Waals surface area contributed by atoms with E-state index in [9.17, 15) is 0 Å². The van der Waals surface area contributed by atoms with E-state index >= 15 is 0 Å². The van der Waals surface area contributed by atoms with Crippen molar-refractivity contribution in [3.05, 3.63) is 47.5 Å². The standard InChI is InChI=1S/C15H16N6/c1-9-4-3-5-14(10(9)2)21-15(18-19-20-21)11-6-12(16)8-13(17)7-11/h3-8H,16-17H2,1-2H3. The van der Waals surface area contributed by atoms with Gasteiger partial charge >= 0.3 is 0 Å². The maximum Gasteiger partial charge on any atom is 0.187 e. The first-order valence-corrected chi connectivity index (χ1v) is 6.57. The highest BCUT2D eigenvalue weighted by Crippen LogP contribution is 2.26. The van der Waals surface area contributed by atoms with Crippen LogP contribution < -0.4 is 11.5 Å². The summed E-state index contributed by atoms with van der Waals surface area (Å²) < 4.78 is 1.70. The molecule has 0 saturated heterocycles. The molecular formula is C15H16N6. The maximum absolute atomic E-state index is 5.85. The van der Waals surface area contributed by atoms with Gasteiger partial charge in [0.1, 0.15) is 0 Å². The van der Waals surface area contributed by atoms with E-state index in [-0.39, 0.29) is 0 Å². The molecule has 21 heavy (non-hydrogen) atoms. The number of hydrogen-bond acceptors (Lipinski definition) is 5. The Balaban J connectivity index is 2.19. The molecule has 1 aromatic heterocycles. The third-order valence-electron chi connectivity index (χ3n) is 3.51. The van der Waals surface area contributed by atoms with Crippen molar-refractivity contribution < 1.29 is 0 Å². The van der Waals surface area contributed by atoms with Crippen molar-refractivity contribution in [1.82, 2.24) is 20.2 Å². The van der Waals surface area contributed by atoms with Crippen LogP contribution in [0.25, 0.3) is 17.1 Å². The summed E-state index contributed by atoms with van der Waals surface area (Å²) >= 11 is 0. The van der Waals surface area contributed by atoms with Crippen LogP contribution in [0.2, 0.25) is 0 Å². The predicted molar refractivity (Wildman–Crippen MR) is 82.9 cm³/mol. The Hall–Kier alpha value is -2.89. The molecule has 3 aromatic rings. The number of aromatic nitrogens is 4. The van der Waals surface area contributed by atoms with E-state index in [0.29, 0.717) is 17.2 Å². The van der Waals surface area contributed by atoms with Gasteiger partial charge in [-0.15, -0.1) is 5.10 Å². The van der Waals surface area contributed by atoms with Crippen molar-refractivity contribution in [2.45, 2.75) is 13.8 Å². The topological polar surface area (TPSA) is 95.6 Å². The summed E-state index contributed by atoms with van der Waals surface area (Å²) in [6.07, 6.45) is 0. The Morgan fingerprint density at radius 3 is 2.43 bits per heavy atom. The highest BCUT2D eigenvalue weighted by molar-refractivity contribution is 5.69. The van der Waals surface area contributed by atoms with Crippen molar-refractivity contribution in [3.8, 4) is 17.1 Å². The lowest BCUT2D eigenvalue weighted by atomic mass is 10.1. The van der Waals surface area contributed by atoms with E-state index in [0.717, 1.165) is 16.8 Å². The Labute approximate surface area is 122 Å². The molecule has 6 heteroatoms. The van der Waals surface area contributed by atoms with Crippen LogP contribution in [0, 0.1) is 13.8 Å². The Kier molecular flexibility index (Phi) is 3.06. The molecule has 0 bridgehead atoms. The van der Waals surface area contributed by atoms with Crippen LogP contribution in [-0.4, -0.2) is 20.2 Å². The number of nitrogens with zero attached hydrogens (tertiary/aromatic N) is 4. The normalized spacial score (nSPS) is 10.8. The summed E-state index contributed by atoms with van der Waals surface area (Å²) in [5.74, 6) is 0.614. The number of nitrogen functional groups attached to an aromatic ring is 2. The van der Waals surface area contributed by atoms with Gasteiger partial charge < -0.3 is 11.5 Å². The van der Waals surface area contributed by atoms with Crippen LogP contribution in [0.5, 0.6) is 0 Å². The summed E-state index contributed by atoms with van der Waals surface area (Å²) in [7, 11) is 0. The van der Waals surface area contributed by atoms with Gasteiger partial charge in [0.05, 0.1) is 5.69 Å². The molecular weight excluding hydrogens is 264 g/mol. The number of anilines is 2. The molecule has 0 amide bonds. The minimum atomic E-state index is 0.584. The van der Waals surface area contributed by atoms with E-state index in [1.807, 2.05) is 31.2 Å². The Morgan fingerprint density at radius 2 is 1.71 bits per heavy atom. The van der Waals surface area contributed by atoms with E-state index in [1.165, 1.54) is 5.56 Å². The van der Waals surface area contributed by atoms with Crippen LogP contribution in [0.3, 0.4) is 0 Å². The molecule has 0 aliphatic rings. The van der Waals surface area contributed by atoms with E-state index < -0.39 is 0 Å². The molecule has 0 unspecified atom stereocenters. The van der Waals surface area contributed by atoms with Crippen molar-refractivity contribution in [2.75, 3.05) is 11.5 Å². The summed E-state index contributed by atoms with van der Waals surface area (Å²) in [5.41, 5.74) is 16.9. The zero-order chi connectivity index (χ0) is 15.0. The fraction of sp³-hybridized carbons (Fsp3) is 0.133. The third kappa shape index (κ3) is 2.31. The smallest absolute Gasteiger partial charge is 0.187 e. The average molecular weight is 280 g/mol. The first-order chi connectivity index (χ1) is 10.1. The molecule has 0 atom stereocenters. The first kappa shape index (κ1) is 13.1. The first-order valence-electron chi connectivity index (χ1n) is 6.57. The van der Waals surface area contributed by atoms with Gasteiger partial charge in [0, 0.05) is 16.9 Å². The van der Waals surface area contributed by atoms with Gasteiger partial charge in [-0.2, -0.15) is 4.68 Å². The van der Waals surface area contributed by atoms with E-state index in [2.05, 4.69) is 28.5 Å². The van der Waals surface area contributed by atoms with Gasteiger partial charge in [-0.1, -0.05) is 12.1 Å². The molecule has 0 fully saturated rings. The second-order valence-corrected chi connectivity index (χ2v) is 5.02. The third-order valence-corrected chi connectivity index (χ3v) is 3.51. The van der Waals surface area contributed by atoms with Crippen LogP contribution in [0.1, 0.15) is 11.1 Å². The molecule has 4 N–H and O–H groups in total. The Morgan fingerprint density at radius 1 is 1.00 bits per heavy atom. The maximum atomic E-state index is 5.85. The molecule has 0 saturated carbocycles. The molecule has 0 aliphatic heterocycles. The molecule has 0 radical (unpaired) electrons. The quantitative estimate of drug-likeness (QED) is 0.701. The van der Waals surface area contributed by atoms with Crippen LogP contribution in [0.4, 0.5) is 11.4 Å². The van der Waals surface area contributed by atoms with Crippen molar-refractivity contribution in [1.29, 1.82) is 0 Å². The van der Waals surface area contributed by atoms with Crippen molar-refractivity contribution in [2.24, 2.45) is 0 Å². The van der Waals surface area contributed by atoms with Gasteiger partial charge in [0.15, 0.2) is 5.82 Å². The van der Waals surface area contributed by atoms with Crippen LogP contribution in [-0.2, 0) is 0 Å². The lowest BCUT2D eigenvalue weighted by molar-refractivity contribution is 0.786. The van der Waals surface area contributed by atoms with Crippen LogP contribution in [0.15, 0.2) is 36.4 Å². The second-order valence-electron chi connectivity index (χ2n) is 5.02. The van der Waals surface area contributed by atoms with E-state index in [1.54, 1.807) is 10.7 Å². The van der Waals surface area contributed by atoms with Gasteiger partial charge in [-0.25, -0.2) is 0 Å². The summed E-state index contributed by atoms with van der Waals surface area (Å²) in [4.78, 5) is 0. The van der Waals surface area contributed by atoms with Crippen molar-refractivity contribution >= 4 is 11.4 Å². The number of benzene rings is 2. The van der Waals surface area contributed by atoms with Gasteiger partial charge in [0.25, 0.3) is 0 Å². The summed E-state index contributed by atoms with van der Waals surface area (Å²) in [6.45, 7) is 4.10. The molecule has 3 rings (SSSR count). The SMILES string of the molecule is Cc1cccc(-n2nnnc2-c2cc(N)cc(N)c2)c1C. The van der Waals surface area contributed by atoms with Gasteiger partial charge in [-0.3, -0.25) is 0 Å². The van der Waals surface area contributed by atoms with Gasteiger partial charge in [0.2, 0.25) is 0 Å². The zero-order valence-corrected chi connectivity index (χ0v) is 11.9. The monoisotopic (exact) mass is 280 g/mol. The summed E-state index contributed by atoms with van der Waals surface area (Å²) in [5, 5.41) is 12.0. The number of rotatable bonds is 2. The fourth-order valence-corrected chi connectivity index (χ4v) is 2.30. The number of nitrogens with two attached hydrogens (primary N) is 2. The predicted octanol–water partition coefficient (Wildman–Crippen LogP) is 2.11. The molecule has 6 nitrogen and oxygen atoms in total. The fourth-order valence-electron chi connectivity index (χ4n) is 2.30. The average Bonchev–Trinajstić information content (AvgIpc) is 2.90. The number of tetrazole rings is 1. The largest absolute Gasteiger partial charge is 0.399 e. The minimum Gasteiger partial charge on any atom is -0.399 e. The molecule has 106 valence electrons. The zero-order valence-electron chi connectivity index (χ0n) is 11.9.